The number of pyridine rings is 2. The monoisotopic (exact) mass is 430 g/mol. The van der Waals surface area contributed by atoms with Gasteiger partial charge >= 0.3 is 0 Å². The molecule has 0 aliphatic carbocycles. The molecule has 1 saturated heterocycles. The van der Waals surface area contributed by atoms with E-state index in [1.165, 1.54) is 4.90 Å². The van der Waals surface area contributed by atoms with Crippen LogP contribution in [0.15, 0.2) is 73.3 Å². The molecule has 2 amide bonds. The normalized spacial score (nSPS) is 18.2. The number of rotatable bonds is 5. The van der Waals surface area contributed by atoms with Gasteiger partial charge in [0.15, 0.2) is 5.60 Å². The summed E-state index contributed by atoms with van der Waals surface area (Å²) in [6.07, 6.45) is 7.08. The zero-order valence-electron chi connectivity index (χ0n) is 18.3. The van der Waals surface area contributed by atoms with Gasteiger partial charge in [-0.05, 0) is 34.9 Å². The Morgan fingerprint density at radius 3 is 2.47 bits per heavy atom. The lowest BCUT2D eigenvalue weighted by molar-refractivity contribution is -0.165. The van der Waals surface area contributed by atoms with Crippen LogP contribution in [0, 0.1) is 0 Å². The summed E-state index contributed by atoms with van der Waals surface area (Å²) < 4.78 is 6.14. The van der Waals surface area contributed by atoms with Crippen LogP contribution in [0.25, 0.3) is 11.1 Å². The molecule has 1 aliphatic rings. The zero-order valence-corrected chi connectivity index (χ0v) is 18.3. The van der Waals surface area contributed by atoms with Gasteiger partial charge < -0.3 is 14.5 Å². The Labute approximate surface area is 187 Å². The first-order chi connectivity index (χ1) is 15.5. The molecule has 7 heteroatoms. The first-order valence-electron chi connectivity index (χ1n) is 10.5. The van der Waals surface area contributed by atoms with E-state index in [2.05, 4.69) is 9.97 Å². The zero-order chi connectivity index (χ0) is 22.6. The van der Waals surface area contributed by atoms with Gasteiger partial charge in [0.1, 0.15) is 0 Å². The number of carbonyl (C=O) groups excluding carboxylic acids is 2. The number of likely N-dealkylation sites (N-methyl/N-ethyl adjacent to an activating group) is 1. The van der Waals surface area contributed by atoms with Crippen molar-refractivity contribution < 1.29 is 14.3 Å². The number of morpholine rings is 1. The Morgan fingerprint density at radius 1 is 1.03 bits per heavy atom. The SMILES string of the molecule is CN(C)C(=O)[C@]1(Cc2cccc(-c3cccnc3)c2)CN(C(=O)c2cccnc2)CCO1. The van der Waals surface area contributed by atoms with Crippen molar-refractivity contribution in [2.24, 2.45) is 0 Å². The molecule has 0 bridgehead atoms. The molecule has 1 atom stereocenters. The molecule has 0 spiro atoms. The van der Waals surface area contributed by atoms with Crippen LogP contribution in [0.2, 0.25) is 0 Å². The fourth-order valence-electron chi connectivity index (χ4n) is 4.07. The quantitative estimate of drug-likeness (QED) is 0.622. The average Bonchev–Trinajstić information content (AvgIpc) is 2.84. The first kappa shape index (κ1) is 21.6. The average molecular weight is 431 g/mol. The highest BCUT2D eigenvalue weighted by Gasteiger charge is 2.46. The Morgan fingerprint density at radius 2 is 1.78 bits per heavy atom. The predicted octanol–water partition coefficient (Wildman–Crippen LogP) is 2.69. The van der Waals surface area contributed by atoms with Crippen molar-refractivity contribution in [2.75, 3.05) is 33.8 Å². The second kappa shape index (κ2) is 9.28. The number of hydrogen-bond acceptors (Lipinski definition) is 5. The van der Waals surface area contributed by atoms with E-state index >= 15 is 0 Å². The lowest BCUT2D eigenvalue weighted by atomic mass is 9.89. The second-order valence-corrected chi connectivity index (χ2v) is 8.13. The third-order valence-corrected chi connectivity index (χ3v) is 5.59. The number of amides is 2. The molecule has 0 N–H and O–H groups in total. The lowest BCUT2D eigenvalue weighted by Gasteiger charge is -2.43. The van der Waals surface area contributed by atoms with Crippen LogP contribution >= 0.6 is 0 Å². The van der Waals surface area contributed by atoms with Crippen LogP contribution in [0.4, 0.5) is 0 Å². The molecular formula is C25H26N4O3. The van der Waals surface area contributed by atoms with Crippen LogP contribution < -0.4 is 0 Å². The maximum Gasteiger partial charge on any atom is 0.256 e. The summed E-state index contributed by atoms with van der Waals surface area (Å²) in [6, 6.07) is 15.4. The van der Waals surface area contributed by atoms with Crippen molar-refractivity contribution in [3.05, 3.63) is 84.4 Å². The number of aromatic nitrogens is 2. The number of carbonyl (C=O) groups is 2. The number of ether oxygens (including phenoxy) is 1. The molecule has 2 aromatic heterocycles. The summed E-state index contributed by atoms with van der Waals surface area (Å²) in [5.74, 6) is -0.311. The maximum atomic E-state index is 13.3. The fraction of sp³-hybridized carbons (Fsp3) is 0.280. The molecule has 1 aliphatic heterocycles. The highest BCUT2D eigenvalue weighted by Crippen LogP contribution is 2.28. The minimum Gasteiger partial charge on any atom is -0.361 e. The summed E-state index contributed by atoms with van der Waals surface area (Å²) >= 11 is 0. The minimum absolute atomic E-state index is 0.151. The maximum absolute atomic E-state index is 13.3. The molecule has 7 nitrogen and oxygen atoms in total. The molecule has 1 fully saturated rings. The van der Waals surface area contributed by atoms with Gasteiger partial charge in [-0.15, -0.1) is 0 Å². The standard InChI is InChI=1S/C25H26N4O3/c1-28(2)24(31)25(15-19-6-3-7-20(14-19)21-8-4-10-26-16-21)18-29(12-13-32-25)23(30)22-9-5-11-27-17-22/h3-11,14,16-17H,12-13,15,18H2,1-2H3/t25-/m0/s1. The molecule has 0 radical (unpaired) electrons. The van der Waals surface area contributed by atoms with Gasteiger partial charge in [-0.1, -0.05) is 30.3 Å². The summed E-state index contributed by atoms with van der Waals surface area (Å²) in [4.78, 5) is 37.9. The van der Waals surface area contributed by atoms with E-state index < -0.39 is 5.60 Å². The van der Waals surface area contributed by atoms with E-state index in [4.69, 9.17) is 4.74 Å². The van der Waals surface area contributed by atoms with Crippen molar-refractivity contribution in [1.29, 1.82) is 0 Å². The van der Waals surface area contributed by atoms with Crippen molar-refractivity contribution in [3.63, 3.8) is 0 Å². The Hall–Kier alpha value is -3.58. The lowest BCUT2D eigenvalue weighted by Crippen LogP contribution is -2.61. The molecule has 0 saturated carbocycles. The van der Waals surface area contributed by atoms with Gasteiger partial charge in [0.2, 0.25) is 0 Å². The van der Waals surface area contributed by atoms with Crippen molar-refractivity contribution >= 4 is 11.8 Å². The van der Waals surface area contributed by atoms with Crippen LogP contribution in [0.5, 0.6) is 0 Å². The van der Waals surface area contributed by atoms with Crippen LogP contribution in [-0.2, 0) is 16.0 Å². The highest BCUT2D eigenvalue weighted by atomic mass is 16.5. The van der Waals surface area contributed by atoms with Gasteiger partial charge in [0, 0.05) is 51.8 Å². The fourth-order valence-corrected chi connectivity index (χ4v) is 4.07. The molecular weight excluding hydrogens is 404 g/mol. The highest BCUT2D eigenvalue weighted by molar-refractivity contribution is 5.95. The van der Waals surface area contributed by atoms with Gasteiger partial charge in [-0.3, -0.25) is 19.6 Å². The van der Waals surface area contributed by atoms with E-state index in [-0.39, 0.29) is 25.0 Å². The number of benzene rings is 1. The van der Waals surface area contributed by atoms with Gasteiger partial charge in [0.25, 0.3) is 11.8 Å². The van der Waals surface area contributed by atoms with E-state index in [0.717, 1.165) is 16.7 Å². The summed E-state index contributed by atoms with van der Waals surface area (Å²) in [7, 11) is 3.42. The largest absolute Gasteiger partial charge is 0.361 e. The van der Waals surface area contributed by atoms with Crippen molar-refractivity contribution in [1.82, 2.24) is 19.8 Å². The van der Waals surface area contributed by atoms with Gasteiger partial charge in [-0.2, -0.15) is 0 Å². The molecule has 0 unspecified atom stereocenters. The number of nitrogens with zero attached hydrogens (tertiary/aromatic N) is 4. The van der Waals surface area contributed by atoms with E-state index in [1.807, 2.05) is 42.6 Å². The molecule has 4 rings (SSSR count). The predicted molar refractivity (Wildman–Crippen MR) is 121 cm³/mol. The van der Waals surface area contributed by atoms with Crippen molar-refractivity contribution in [2.45, 2.75) is 12.0 Å². The molecule has 3 aromatic rings. The topological polar surface area (TPSA) is 75.6 Å². The Kier molecular flexibility index (Phi) is 6.28. The third-order valence-electron chi connectivity index (χ3n) is 5.59. The van der Waals surface area contributed by atoms with Crippen LogP contribution in [-0.4, -0.2) is 71.0 Å². The molecule has 164 valence electrons. The molecule has 1 aromatic carbocycles. The van der Waals surface area contributed by atoms with E-state index in [0.29, 0.717) is 18.5 Å². The van der Waals surface area contributed by atoms with Gasteiger partial charge in [-0.25, -0.2) is 0 Å². The Balaban J connectivity index is 1.64. The smallest absolute Gasteiger partial charge is 0.256 e. The third kappa shape index (κ3) is 4.53. The number of hydrogen-bond donors (Lipinski definition) is 0. The summed E-state index contributed by atoms with van der Waals surface area (Å²) in [6.45, 7) is 0.884. The minimum atomic E-state index is -1.16. The molecule has 32 heavy (non-hydrogen) atoms. The second-order valence-electron chi connectivity index (χ2n) is 8.13. The van der Waals surface area contributed by atoms with Crippen molar-refractivity contribution in [3.8, 4) is 11.1 Å². The van der Waals surface area contributed by atoms with Crippen LogP contribution in [0.1, 0.15) is 15.9 Å². The summed E-state index contributed by atoms with van der Waals surface area (Å²) in [5.41, 5.74) is 2.31. The van der Waals surface area contributed by atoms with E-state index in [1.54, 1.807) is 49.7 Å². The Bertz CT molecular complexity index is 1090. The summed E-state index contributed by atoms with van der Waals surface area (Å²) in [5, 5.41) is 0. The molecule has 3 heterocycles. The van der Waals surface area contributed by atoms with Crippen LogP contribution in [0.3, 0.4) is 0 Å². The first-order valence-corrected chi connectivity index (χ1v) is 10.5. The van der Waals surface area contributed by atoms with Gasteiger partial charge in [0.05, 0.1) is 18.7 Å². The van der Waals surface area contributed by atoms with E-state index in [9.17, 15) is 9.59 Å².